The fraction of sp³-hybridized carbons (Fsp3) is 0.200. The Morgan fingerprint density at radius 3 is 2.75 bits per heavy atom. The van der Waals surface area contributed by atoms with Gasteiger partial charge in [0.1, 0.15) is 0 Å². The van der Waals surface area contributed by atoms with Crippen molar-refractivity contribution in [2.45, 2.75) is 18.2 Å². The first kappa shape index (κ1) is 13.1. The van der Waals surface area contributed by atoms with E-state index in [4.69, 9.17) is 10.2 Å². The maximum absolute atomic E-state index is 6.31. The molecule has 2 aromatic carbocycles. The summed E-state index contributed by atoms with van der Waals surface area (Å²) in [7, 11) is 0. The first-order chi connectivity index (χ1) is 9.74. The predicted molar refractivity (Wildman–Crippen MR) is 80.6 cm³/mol. The Labute approximate surface area is 121 Å². The molecule has 20 heavy (non-hydrogen) atoms. The first-order valence-electron chi connectivity index (χ1n) is 6.40. The van der Waals surface area contributed by atoms with E-state index in [1.54, 1.807) is 6.92 Å². The van der Waals surface area contributed by atoms with E-state index < -0.39 is 0 Å². The average Bonchev–Trinajstić information content (AvgIpc) is 2.90. The molecule has 102 valence electrons. The Hall–Kier alpha value is -1.85. The van der Waals surface area contributed by atoms with Gasteiger partial charge in [0.05, 0.1) is 0 Å². The van der Waals surface area contributed by atoms with E-state index in [2.05, 4.69) is 34.5 Å². The monoisotopic (exact) mass is 285 g/mol. The van der Waals surface area contributed by atoms with Gasteiger partial charge in [0.2, 0.25) is 5.89 Å². The lowest BCUT2D eigenvalue weighted by atomic mass is 10.0. The van der Waals surface area contributed by atoms with E-state index in [1.807, 2.05) is 18.2 Å². The van der Waals surface area contributed by atoms with E-state index in [9.17, 15) is 0 Å². The van der Waals surface area contributed by atoms with Crippen molar-refractivity contribution < 1.29 is 4.42 Å². The van der Waals surface area contributed by atoms with Crippen LogP contribution in [0.3, 0.4) is 0 Å². The highest BCUT2D eigenvalue weighted by Crippen LogP contribution is 2.27. The number of nitrogens with two attached hydrogens (primary N) is 1. The standard InChI is InChI=1S/C15H15N3OS/c1-10-17-18-15(19-10)20-9-14(16)13-8-4-6-11-5-2-3-7-12(11)13/h2-8,14H,9,16H2,1H3. The molecule has 0 radical (unpaired) electrons. The van der Waals surface area contributed by atoms with Gasteiger partial charge in [0, 0.05) is 18.7 Å². The summed E-state index contributed by atoms with van der Waals surface area (Å²) < 4.78 is 5.34. The third-order valence-corrected chi connectivity index (χ3v) is 4.05. The molecule has 1 unspecified atom stereocenters. The van der Waals surface area contributed by atoms with Gasteiger partial charge in [0.25, 0.3) is 5.22 Å². The van der Waals surface area contributed by atoms with Crippen LogP contribution in [0.2, 0.25) is 0 Å². The number of nitrogens with zero attached hydrogens (tertiary/aromatic N) is 2. The molecular formula is C15H15N3OS. The zero-order valence-corrected chi connectivity index (χ0v) is 11.9. The second-order valence-corrected chi connectivity index (χ2v) is 5.54. The number of rotatable bonds is 4. The summed E-state index contributed by atoms with van der Waals surface area (Å²) in [5, 5.41) is 10.7. The highest BCUT2D eigenvalue weighted by molar-refractivity contribution is 7.99. The quantitative estimate of drug-likeness (QED) is 0.745. The molecule has 1 heterocycles. The lowest BCUT2D eigenvalue weighted by Crippen LogP contribution is -2.13. The third-order valence-electron chi connectivity index (χ3n) is 3.12. The molecule has 5 heteroatoms. The number of hydrogen-bond acceptors (Lipinski definition) is 5. The van der Waals surface area contributed by atoms with E-state index >= 15 is 0 Å². The summed E-state index contributed by atoms with van der Waals surface area (Å²) in [6, 6.07) is 14.4. The van der Waals surface area contributed by atoms with Crippen molar-refractivity contribution in [3.05, 3.63) is 53.9 Å². The molecule has 3 aromatic rings. The van der Waals surface area contributed by atoms with Gasteiger partial charge in [-0.2, -0.15) is 0 Å². The van der Waals surface area contributed by atoms with E-state index in [0.717, 1.165) is 5.56 Å². The lowest BCUT2D eigenvalue weighted by molar-refractivity contribution is 0.429. The topological polar surface area (TPSA) is 64.9 Å². The van der Waals surface area contributed by atoms with Crippen LogP contribution < -0.4 is 5.73 Å². The van der Waals surface area contributed by atoms with E-state index in [0.29, 0.717) is 16.9 Å². The number of benzene rings is 2. The van der Waals surface area contributed by atoms with Crippen LogP contribution >= 0.6 is 11.8 Å². The van der Waals surface area contributed by atoms with Crippen LogP contribution in [0.15, 0.2) is 52.1 Å². The Kier molecular flexibility index (Phi) is 3.71. The molecule has 0 bridgehead atoms. The summed E-state index contributed by atoms with van der Waals surface area (Å²) in [4.78, 5) is 0. The summed E-state index contributed by atoms with van der Waals surface area (Å²) in [5.74, 6) is 1.28. The minimum atomic E-state index is -0.0710. The van der Waals surface area contributed by atoms with Crippen LogP contribution in [0.4, 0.5) is 0 Å². The van der Waals surface area contributed by atoms with Crippen molar-refractivity contribution in [3.63, 3.8) is 0 Å². The zero-order chi connectivity index (χ0) is 13.9. The lowest BCUT2D eigenvalue weighted by Gasteiger charge is -2.13. The zero-order valence-electron chi connectivity index (χ0n) is 11.1. The smallest absolute Gasteiger partial charge is 0.276 e. The van der Waals surface area contributed by atoms with Crippen LogP contribution in [-0.2, 0) is 0 Å². The number of aryl methyl sites for hydroxylation is 1. The molecule has 0 amide bonds. The molecule has 0 aliphatic carbocycles. The van der Waals surface area contributed by atoms with Gasteiger partial charge in [-0.25, -0.2) is 0 Å². The second-order valence-electron chi connectivity index (χ2n) is 4.57. The minimum Gasteiger partial charge on any atom is -0.416 e. The maximum Gasteiger partial charge on any atom is 0.276 e. The Morgan fingerprint density at radius 2 is 1.95 bits per heavy atom. The fourth-order valence-corrected chi connectivity index (χ4v) is 2.94. The normalized spacial score (nSPS) is 12.7. The van der Waals surface area contributed by atoms with Gasteiger partial charge in [-0.3, -0.25) is 0 Å². The molecule has 3 rings (SSSR count). The van der Waals surface area contributed by atoms with Crippen molar-refractivity contribution >= 4 is 22.5 Å². The minimum absolute atomic E-state index is 0.0710. The Balaban J connectivity index is 1.80. The number of fused-ring (bicyclic) bond motifs is 1. The van der Waals surface area contributed by atoms with Crippen molar-refractivity contribution in [2.24, 2.45) is 5.73 Å². The molecule has 0 aliphatic rings. The molecule has 2 N–H and O–H groups in total. The predicted octanol–water partition coefficient (Wildman–Crippen LogP) is 3.32. The molecule has 1 atom stereocenters. The van der Waals surface area contributed by atoms with Crippen molar-refractivity contribution in [1.82, 2.24) is 10.2 Å². The van der Waals surface area contributed by atoms with Gasteiger partial charge >= 0.3 is 0 Å². The molecule has 4 nitrogen and oxygen atoms in total. The van der Waals surface area contributed by atoms with Crippen LogP contribution in [0.25, 0.3) is 10.8 Å². The second kappa shape index (κ2) is 5.64. The number of hydrogen-bond donors (Lipinski definition) is 1. The number of aromatic nitrogens is 2. The SMILES string of the molecule is Cc1nnc(SCC(N)c2cccc3ccccc23)o1. The molecule has 0 fully saturated rings. The third kappa shape index (κ3) is 2.69. The van der Waals surface area contributed by atoms with Crippen molar-refractivity contribution in [2.75, 3.05) is 5.75 Å². The van der Waals surface area contributed by atoms with Gasteiger partial charge < -0.3 is 10.2 Å². The molecule has 0 spiro atoms. The molecule has 0 saturated heterocycles. The fourth-order valence-electron chi connectivity index (χ4n) is 2.16. The maximum atomic E-state index is 6.31. The summed E-state index contributed by atoms with van der Waals surface area (Å²) in [6.45, 7) is 1.78. The largest absolute Gasteiger partial charge is 0.416 e. The van der Waals surface area contributed by atoms with Crippen LogP contribution in [0, 0.1) is 6.92 Å². The Bertz CT molecular complexity index is 720. The molecule has 0 aliphatic heterocycles. The van der Waals surface area contributed by atoms with Gasteiger partial charge in [-0.15, -0.1) is 10.2 Å². The van der Waals surface area contributed by atoms with Gasteiger partial charge in [-0.1, -0.05) is 54.2 Å². The highest BCUT2D eigenvalue weighted by Gasteiger charge is 2.12. The molecule has 0 saturated carbocycles. The van der Waals surface area contributed by atoms with Crippen molar-refractivity contribution in [3.8, 4) is 0 Å². The number of thioether (sulfide) groups is 1. The molecule has 1 aromatic heterocycles. The van der Waals surface area contributed by atoms with Crippen LogP contribution in [0.1, 0.15) is 17.5 Å². The molecular weight excluding hydrogens is 270 g/mol. The van der Waals surface area contributed by atoms with Crippen molar-refractivity contribution in [1.29, 1.82) is 0 Å². The summed E-state index contributed by atoms with van der Waals surface area (Å²) in [6.07, 6.45) is 0. The van der Waals surface area contributed by atoms with E-state index in [-0.39, 0.29) is 6.04 Å². The van der Waals surface area contributed by atoms with Gasteiger partial charge in [-0.05, 0) is 16.3 Å². The van der Waals surface area contributed by atoms with Gasteiger partial charge in [0.15, 0.2) is 0 Å². The summed E-state index contributed by atoms with van der Waals surface area (Å²) in [5.41, 5.74) is 7.45. The average molecular weight is 285 g/mol. The Morgan fingerprint density at radius 1 is 1.15 bits per heavy atom. The first-order valence-corrected chi connectivity index (χ1v) is 7.39. The van der Waals surface area contributed by atoms with Crippen LogP contribution in [0.5, 0.6) is 0 Å². The van der Waals surface area contributed by atoms with Crippen LogP contribution in [-0.4, -0.2) is 16.0 Å². The van der Waals surface area contributed by atoms with E-state index in [1.165, 1.54) is 22.5 Å². The summed E-state index contributed by atoms with van der Waals surface area (Å²) >= 11 is 1.49. The highest BCUT2D eigenvalue weighted by atomic mass is 32.2.